The summed E-state index contributed by atoms with van der Waals surface area (Å²) in [6, 6.07) is 0. The zero-order valence-electron chi connectivity index (χ0n) is 8.81. The molecule has 1 saturated heterocycles. The Balaban J connectivity index is 2.19. The second kappa shape index (κ2) is 4.46. The first kappa shape index (κ1) is 12.6. The molecule has 2 aliphatic rings. The number of nitrogens with zero attached hydrogens (tertiary/aromatic N) is 1. The molecule has 0 radical (unpaired) electrons. The van der Waals surface area contributed by atoms with Crippen molar-refractivity contribution in [1.82, 2.24) is 4.90 Å². The number of hydrogen-bond acceptors (Lipinski definition) is 3. The van der Waals surface area contributed by atoms with Gasteiger partial charge in [-0.25, -0.2) is 0 Å². The van der Waals surface area contributed by atoms with Gasteiger partial charge in [0.15, 0.2) is 0 Å². The van der Waals surface area contributed by atoms with Crippen molar-refractivity contribution >= 4 is 41.0 Å². The molecule has 0 bridgehead atoms. The van der Waals surface area contributed by atoms with E-state index in [-0.39, 0.29) is 10.8 Å². The van der Waals surface area contributed by atoms with Crippen molar-refractivity contribution in [3.05, 3.63) is 0 Å². The zero-order valence-corrected chi connectivity index (χ0v) is 10.3. The molecular formula is C10H11Cl2NO4. The number of halogens is 2. The van der Waals surface area contributed by atoms with Crippen LogP contribution in [-0.2, 0) is 14.4 Å². The van der Waals surface area contributed by atoms with E-state index < -0.39 is 36.2 Å². The third kappa shape index (κ3) is 2.13. The minimum absolute atomic E-state index is 0.334. The van der Waals surface area contributed by atoms with Crippen LogP contribution < -0.4 is 0 Å². The highest BCUT2D eigenvalue weighted by Gasteiger charge is 2.52. The Labute approximate surface area is 108 Å². The third-order valence-corrected chi connectivity index (χ3v) is 4.39. The van der Waals surface area contributed by atoms with Gasteiger partial charge in [0, 0.05) is 0 Å². The van der Waals surface area contributed by atoms with E-state index in [0.29, 0.717) is 12.8 Å². The molecule has 2 fully saturated rings. The summed E-state index contributed by atoms with van der Waals surface area (Å²) in [6.45, 7) is -0.579. The largest absolute Gasteiger partial charge is 0.480 e. The number of carbonyl (C=O) groups is 3. The van der Waals surface area contributed by atoms with Crippen molar-refractivity contribution in [3.8, 4) is 0 Å². The normalized spacial score (nSPS) is 37.2. The fraction of sp³-hybridized carbons (Fsp3) is 0.700. The summed E-state index contributed by atoms with van der Waals surface area (Å²) in [4.78, 5) is 35.1. The van der Waals surface area contributed by atoms with Crippen LogP contribution in [0.1, 0.15) is 12.8 Å². The Bertz CT molecular complexity index is 359. The molecule has 1 N–H and O–H groups in total. The molecule has 2 rings (SSSR count). The lowest BCUT2D eigenvalue weighted by atomic mass is 9.80. The van der Waals surface area contributed by atoms with Gasteiger partial charge in [0.1, 0.15) is 6.54 Å². The number of aliphatic carboxylic acids is 1. The van der Waals surface area contributed by atoms with Crippen LogP contribution in [0.5, 0.6) is 0 Å². The van der Waals surface area contributed by atoms with Crippen LogP contribution in [-0.4, -0.2) is 45.1 Å². The van der Waals surface area contributed by atoms with Gasteiger partial charge >= 0.3 is 5.97 Å². The van der Waals surface area contributed by atoms with Crippen molar-refractivity contribution in [2.45, 2.75) is 23.6 Å². The topological polar surface area (TPSA) is 74.7 Å². The Morgan fingerprint density at radius 3 is 1.94 bits per heavy atom. The molecule has 0 aromatic heterocycles. The van der Waals surface area contributed by atoms with E-state index in [1.54, 1.807) is 0 Å². The Kier molecular flexibility index (Phi) is 3.32. The van der Waals surface area contributed by atoms with Gasteiger partial charge in [-0.2, -0.15) is 0 Å². The van der Waals surface area contributed by atoms with Crippen molar-refractivity contribution < 1.29 is 19.5 Å². The molecule has 0 aromatic carbocycles. The maximum atomic E-state index is 11.9. The summed E-state index contributed by atoms with van der Waals surface area (Å²) in [6.07, 6.45) is 0.669. The second-order valence-electron chi connectivity index (χ2n) is 4.37. The number of imide groups is 1. The van der Waals surface area contributed by atoms with Gasteiger partial charge in [0.05, 0.1) is 22.6 Å². The van der Waals surface area contributed by atoms with Gasteiger partial charge in [-0.3, -0.25) is 19.3 Å². The molecule has 1 heterocycles. The molecule has 0 spiro atoms. The number of carboxylic acid groups (broad SMARTS) is 1. The van der Waals surface area contributed by atoms with Crippen molar-refractivity contribution in [1.29, 1.82) is 0 Å². The summed E-state index contributed by atoms with van der Waals surface area (Å²) in [5, 5.41) is 7.95. The molecule has 1 saturated carbocycles. The smallest absolute Gasteiger partial charge is 0.323 e. The number of fused-ring (bicyclic) bond motifs is 1. The van der Waals surface area contributed by atoms with Gasteiger partial charge in [0.25, 0.3) is 0 Å². The van der Waals surface area contributed by atoms with Crippen molar-refractivity contribution in [2.24, 2.45) is 11.8 Å². The number of likely N-dealkylation sites (tertiary alicyclic amines) is 1. The van der Waals surface area contributed by atoms with Crippen LogP contribution in [0.25, 0.3) is 0 Å². The average molecular weight is 280 g/mol. The summed E-state index contributed by atoms with van der Waals surface area (Å²) in [5.41, 5.74) is 0. The standard InChI is InChI=1S/C10H11Cl2NO4/c11-6-1-4-5(2-7(6)12)10(17)13(9(4)16)3-8(14)15/h4-7H,1-3H2,(H,14,15)/t4-,5-,6-,7+/m1/s1. The zero-order chi connectivity index (χ0) is 12.7. The summed E-state index contributed by atoms with van der Waals surface area (Å²) in [5.74, 6) is -3.07. The first-order valence-corrected chi connectivity index (χ1v) is 6.14. The number of carboxylic acids is 1. The van der Waals surface area contributed by atoms with Crippen LogP contribution in [0.2, 0.25) is 0 Å². The lowest BCUT2D eigenvalue weighted by Crippen LogP contribution is -2.35. The molecule has 94 valence electrons. The predicted octanol–water partition coefficient (Wildman–Crippen LogP) is 0.681. The Morgan fingerprint density at radius 1 is 1.18 bits per heavy atom. The highest BCUT2D eigenvalue weighted by Crippen LogP contribution is 2.41. The van der Waals surface area contributed by atoms with E-state index in [9.17, 15) is 14.4 Å². The van der Waals surface area contributed by atoms with Gasteiger partial charge in [-0.15, -0.1) is 23.2 Å². The molecule has 0 aromatic rings. The van der Waals surface area contributed by atoms with Gasteiger partial charge in [-0.1, -0.05) is 0 Å². The highest BCUT2D eigenvalue weighted by molar-refractivity contribution is 6.30. The van der Waals surface area contributed by atoms with Crippen molar-refractivity contribution in [2.75, 3.05) is 6.54 Å². The van der Waals surface area contributed by atoms with Gasteiger partial charge in [0.2, 0.25) is 11.8 Å². The maximum Gasteiger partial charge on any atom is 0.323 e. The first-order valence-electron chi connectivity index (χ1n) is 5.27. The van der Waals surface area contributed by atoms with Crippen LogP contribution in [0.3, 0.4) is 0 Å². The van der Waals surface area contributed by atoms with Crippen molar-refractivity contribution in [3.63, 3.8) is 0 Å². The van der Waals surface area contributed by atoms with E-state index in [1.165, 1.54) is 0 Å². The number of alkyl halides is 2. The highest BCUT2D eigenvalue weighted by atomic mass is 35.5. The van der Waals surface area contributed by atoms with Gasteiger partial charge in [-0.05, 0) is 12.8 Å². The first-order chi connectivity index (χ1) is 7.91. The quantitative estimate of drug-likeness (QED) is 0.596. The van der Waals surface area contributed by atoms with Crippen LogP contribution in [0.4, 0.5) is 0 Å². The minimum Gasteiger partial charge on any atom is -0.480 e. The lowest BCUT2D eigenvalue weighted by molar-refractivity contribution is -0.149. The molecule has 1 aliphatic heterocycles. The number of rotatable bonds is 2. The second-order valence-corrected chi connectivity index (χ2v) is 5.49. The lowest BCUT2D eigenvalue weighted by Gasteiger charge is -2.28. The number of carbonyl (C=O) groups excluding carboxylic acids is 2. The summed E-state index contributed by atoms with van der Waals surface area (Å²) < 4.78 is 0. The van der Waals surface area contributed by atoms with Crippen LogP contribution in [0, 0.1) is 11.8 Å². The van der Waals surface area contributed by atoms with E-state index >= 15 is 0 Å². The average Bonchev–Trinajstić information content (AvgIpc) is 2.45. The summed E-state index contributed by atoms with van der Waals surface area (Å²) in [7, 11) is 0. The Hall–Kier alpha value is -0.810. The van der Waals surface area contributed by atoms with E-state index in [1.807, 2.05) is 0 Å². The molecule has 5 nitrogen and oxygen atoms in total. The Morgan fingerprint density at radius 2 is 1.59 bits per heavy atom. The molecule has 2 amide bonds. The number of hydrogen-bond donors (Lipinski definition) is 1. The predicted molar refractivity (Wildman–Crippen MR) is 59.9 cm³/mol. The SMILES string of the molecule is O=C(O)CN1C(=O)[C@@H]2C[C@@H](Cl)[C@@H](Cl)C[C@H]2C1=O. The molecule has 0 unspecified atom stereocenters. The minimum atomic E-state index is -1.20. The number of amides is 2. The molecule has 17 heavy (non-hydrogen) atoms. The van der Waals surface area contributed by atoms with Gasteiger partial charge < -0.3 is 5.11 Å². The summed E-state index contributed by atoms with van der Waals surface area (Å²) >= 11 is 11.9. The third-order valence-electron chi connectivity index (χ3n) is 3.30. The van der Waals surface area contributed by atoms with E-state index in [4.69, 9.17) is 28.3 Å². The fourth-order valence-corrected chi connectivity index (χ4v) is 3.04. The van der Waals surface area contributed by atoms with E-state index in [2.05, 4.69) is 0 Å². The maximum absolute atomic E-state index is 11.9. The molecular weight excluding hydrogens is 269 g/mol. The van der Waals surface area contributed by atoms with E-state index in [0.717, 1.165) is 4.90 Å². The fourth-order valence-electron chi connectivity index (χ4n) is 2.45. The monoisotopic (exact) mass is 279 g/mol. The molecule has 7 heteroatoms. The van der Waals surface area contributed by atoms with Crippen LogP contribution >= 0.6 is 23.2 Å². The van der Waals surface area contributed by atoms with Crippen LogP contribution in [0.15, 0.2) is 0 Å². The molecule has 1 aliphatic carbocycles. The molecule has 4 atom stereocenters.